The first-order valence-corrected chi connectivity index (χ1v) is 11.0. The molecule has 32 heavy (non-hydrogen) atoms. The molecule has 5 nitrogen and oxygen atoms in total. The van der Waals surface area contributed by atoms with Gasteiger partial charge >= 0.3 is 0 Å². The van der Waals surface area contributed by atoms with Crippen molar-refractivity contribution in [2.45, 2.75) is 38.6 Å². The Morgan fingerprint density at radius 3 is 2.84 bits per heavy atom. The summed E-state index contributed by atoms with van der Waals surface area (Å²) in [5.74, 6) is 0.617. The third-order valence-corrected chi connectivity index (χ3v) is 6.47. The molecule has 1 fully saturated rings. The molecule has 0 saturated carbocycles. The number of halogens is 1. The van der Waals surface area contributed by atoms with Crippen LogP contribution in [-0.4, -0.2) is 40.1 Å². The summed E-state index contributed by atoms with van der Waals surface area (Å²) in [6.07, 6.45) is 8.64. The highest BCUT2D eigenvalue weighted by Crippen LogP contribution is 2.32. The Kier molecular flexibility index (Phi) is 5.29. The second kappa shape index (κ2) is 8.26. The van der Waals surface area contributed by atoms with Gasteiger partial charge in [0.25, 0.3) is 0 Å². The molecular formula is C26H26FN3O2. The topological polar surface area (TPSA) is 47.4 Å². The molecule has 0 radical (unpaired) electrons. The maximum Gasteiger partial charge on any atom is 0.250 e. The fraction of sp³-hybridized carbons (Fsp3) is 0.308. The molecule has 1 saturated heterocycles. The number of hydrogen-bond donors (Lipinski definition) is 0. The number of aryl methyl sites for hydroxylation is 1. The number of likely N-dealkylation sites (tertiary alicyclic amines) is 1. The summed E-state index contributed by atoms with van der Waals surface area (Å²) in [6, 6.07) is 11.2. The number of ether oxygens (including phenoxy) is 1. The quantitative estimate of drug-likeness (QED) is 0.572. The zero-order valence-electron chi connectivity index (χ0n) is 18.3. The average molecular weight is 432 g/mol. The number of amides is 1. The van der Waals surface area contributed by atoms with Crippen LogP contribution in [0.2, 0.25) is 0 Å². The molecule has 1 atom stereocenters. The lowest BCUT2D eigenvalue weighted by atomic mass is 9.98. The van der Waals surface area contributed by atoms with Gasteiger partial charge in [0, 0.05) is 24.4 Å². The molecule has 2 aromatic carbocycles. The lowest BCUT2D eigenvalue weighted by molar-refractivity contribution is -0.130. The Labute approximate surface area is 187 Å². The van der Waals surface area contributed by atoms with Crippen molar-refractivity contribution in [1.82, 2.24) is 14.5 Å². The van der Waals surface area contributed by atoms with Crippen LogP contribution in [0.1, 0.15) is 35.2 Å². The number of carbonyl (C=O) groups is 1. The van der Waals surface area contributed by atoms with Gasteiger partial charge in [0.05, 0.1) is 24.8 Å². The summed E-state index contributed by atoms with van der Waals surface area (Å²) in [7, 11) is 1.64. The van der Waals surface area contributed by atoms with E-state index in [2.05, 4.69) is 4.98 Å². The number of imidazole rings is 1. The van der Waals surface area contributed by atoms with Crippen molar-refractivity contribution in [1.29, 1.82) is 0 Å². The van der Waals surface area contributed by atoms with Gasteiger partial charge in [0.15, 0.2) is 0 Å². The predicted molar refractivity (Wildman–Crippen MR) is 121 cm³/mol. The van der Waals surface area contributed by atoms with Gasteiger partial charge in [-0.2, -0.15) is 0 Å². The highest BCUT2D eigenvalue weighted by Gasteiger charge is 2.34. The van der Waals surface area contributed by atoms with Gasteiger partial charge in [-0.1, -0.05) is 18.2 Å². The molecule has 2 heterocycles. The number of aromatic nitrogens is 2. The van der Waals surface area contributed by atoms with E-state index in [1.54, 1.807) is 19.5 Å². The minimum atomic E-state index is -0.162. The molecule has 1 aliphatic carbocycles. The van der Waals surface area contributed by atoms with Crippen LogP contribution >= 0.6 is 0 Å². The van der Waals surface area contributed by atoms with Gasteiger partial charge in [-0.15, -0.1) is 0 Å². The number of piperidine rings is 1. The summed E-state index contributed by atoms with van der Waals surface area (Å²) in [6.45, 7) is 2.66. The Balaban J connectivity index is 1.38. The van der Waals surface area contributed by atoms with Crippen LogP contribution in [-0.2, 0) is 17.6 Å². The van der Waals surface area contributed by atoms with Crippen molar-refractivity contribution >= 4 is 12.0 Å². The van der Waals surface area contributed by atoms with Gasteiger partial charge in [-0.05, 0) is 73.6 Å². The third kappa shape index (κ3) is 3.70. The van der Waals surface area contributed by atoms with Crippen LogP contribution in [0.3, 0.4) is 0 Å². The molecule has 1 amide bonds. The molecule has 0 unspecified atom stereocenters. The number of rotatable bonds is 4. The Morgan fingerprint density at radius 1 is 1.22 bits per heavy atom. The molecule has 5 rings (SSSR count). The summed E-state index contributed by atoms with van der Waals surface area (Å²) in [4.78, 5) is 19.5. The monoisotopic (exact) mass is 431 g/mol. The van der Waals surface area contributed by atoms with Gasteiger partial charge in [-0.25, -0.2) is 9.37 Å². The van der Waals surface area contributed by atoms with E-state index in [0.717, 1.165) is 65.2 Å². The van der Waals surface area contributed by atoms with Gasteiger partial charge in [-0.3, -0.25) is 4.79 Å². The summed E-state index contributed by atoms with van der Waals surface area (Å²) < 4.78 is 21.7. The Bertz CT molecular complexity index is 1210. The van der Waals surface area contributed by atoms with Crippen LogP contribution in [0.15, 0.2) is 54.5 Å². The van der Waals surface area contributed by atoms with E-state index in [0.29, 0.717) is 6.42 Å². The van der Waals surface area contributed by atoms with E-state index in [4.69, 9.17) is 4.74 Å². The van der Waals surface area contributed by atoms with E-state index >= 15 is 0 Å². The summed E-state index contributed by atoms with van der Waals surface area (Å²) >= 11 is 0. The molecule has 3 aromatic rings. The highest BCUT2D eigenvalue weighted by molar-refractivity contribution is 5.98. The van der Waals surface area contributed by atoms with Crippen LogP contribution in [0.5, 0.6) is 5.75 Å². The van der Waals surface area contributed by atoms with Crippen LogP contribution in [0.4, 0.5) is 4.39 Å². The second-order valence-corrected chi connectivity index (χ2v) is 8.56. The first-order chi connectivity index (χ1) is 15.5. The van der Waals surface area contributed by atoms with E-state index in [1.807, 2.05) is 52.9 Å². The zero-order chi connectivity index (χ0) is 22.2. The Hall–Kier alpha value is -3.41. The van der Waals surface area contributed by atoms with Crippen molar-refractivity contribution < 1.29 is 13.9 Å². The van der Waals surface area contributed by atoms with Crippen molar-refractivity contribution in [3.63, 3.8) is 0 Å². The fourth-order valence-corrected chi connectivity index (χ4v) is 4.87. The van der Waals surface area contributed by atoms with E-state index < -0.39 is 0 Å². The number of methoxy groups -OCH3 is 1. The molecule has 1 aliphatic heterocycles. The largest absolute Gasteiger partial charge is 0.495 e. The minimum absolute atomic E-state index is 0.0273. The second-order valence-electron chi connectivity index (χ2n) is 8.56. The van der Waals surface area contributed by atoms with Gasteiger partial charge in [0.2, 0.25) is 5.91 Å². The van der Waals surface area contributed by atoms with E-state index in [9.17, 15) is 9.18 Å². The summed E-state index contributed by atoms with van der Waals surface area (Å²) in [5, 5.41) is 0. The number of hydrogen-bond acceptors (Lipinski definition) is 3. The first kappa shape index (κ1) is 20.5. The molecule has 1 aromatic heterocycles. The lowest BCUT2D eigenvalue weighted by Crippen LogP contribution is -2.44. The number of nitrogens with zero attached hydrogens (tertiary/aromatic N) is 3. The zero-order valence-corrected chi connectivity index (χ0v) is 18.3. The maximum absolute atomic E-state index is 14.2. The van der Waals surface area contributed by atoms with Crippen molar-refractivity contribution in [2.24, 2.45) is 0 Å². The molecule has 0 spiro atoms. The van der Waals surface area contributed by atoms with E-state index in [-0.39, 0.29) is 17.8 Å². The Morgan fingerprint density at radius 2 is 2.09 bits per heavy atom. The van der Waals surface area contributed by atoms with Crippen LogP contribution in [0, 0.1) is 12.7 Å². The van der Waals surface area contributed by atoms with Crippen molar-refractivity contribution in [3.05, 3.63) is 82.7 Å². The van der Waals surface area contributed by atoms with Crippen LogP contribution in [0.25, 0.3) is 11.8 Å². The molecule has 6 heteroatoms. The summed E-state index contributed by atoms with van der Waals surface area (Å²) in [5.41, 5.74) is 5.33. The fourth-order valence-electron chi connectivity index (χ4n) is 4.87. The molecule has 0 N–H and O–H groups in total. The average Bonchev–Trinajstić information content (AvgIpc) is 3.42. The first-order valence-electron chi connectivity index (χ1n) is 11.0. The number of benzene rings is 2. The van der Waals surface area contributed by atoms with Crippen LogP contribution < -0.4 is 4.74 Å². The molecule has 164 valence electrons. The van der Waals surface area contributed by atoms with Crippen molar-refractivity contribution in [3.8, 4) is 11.4 Å². The predicted octanol–water partition coefficient (Wildman–Crippen LogP) is 4.50. The van der Waals surface area contributed by atoms with Crippen molar-refractivity contribution in [2.75, 3.05) is 13.7 Å². The third-order valence-electron chi connectivity index (χ3n) is 6.47. The number of carbonyl (C=O) groups excluding carboxylic acids is 1. The molecular weight excluding hydrogens is 405 g/mol. The molecule has 0 bridgehead atoms. The highest BCUT2D eigenvalue weighted by atomic mass is 19.1. The SMILES string of the molecule is COc1cc(/C=C2\CCCN([C@H]3Cc4cccc(F)c4C3)C2=O)ccc1-n1cnc(C)c1. The van der Waals surface area contributed by atoms with Gasteiger partial charge in [0.1, 0.15) is 11.6 Å². The van der Waals surface area contributed by atoms with E-state index in [1.165, 1.54) is 6.07 Å². The smallest absolute Gasteiger partial charge is 0.250 e. The number of fused-ring (bicyclic) bond motifs is 1. The maximum atomic E-state index is 14.2. The minimum Gasteiger partial charge on any atom is -0.495 e. The lowest BCUT2D eigenvalue weighted by Gasteiger charge is -2.33. The standard InChI is InChI=1S/C26H26FN3O2/c1-17-15-29(16-28-17)24-9-8-18(12-25(24)32-2)11-20-6-4-10-30(26(20)31)21-13-19-5-3-7-23(27)22(19)14-21/h3,5,7-9,11-12,15-16,21H,4,6,10,13-14H2,1-2H3/b20-11+/t21-/m0/s1. The molecule has 2 aliphatic rings. The van der Waals surface area contributed by atoms with Gasteiger partial charge < -0.3 is 14.2 Å². The normalized spacial score (nSPS) is 19.5.